The number of nitrogens with one attached hydrogen (secondary N) is 3. The molecule has 7 nitrogen and oxygen atoms in total. The van der Waals surface area contributed by atoms with E-state index in [9.17, 15) is 14.4 Å². The van der Waals surface area contributed by atoms with Gasteiger partial charge in [-0.3, -0.25) is 25.2 Å². The molecule has 3 N–H and O–H groups in total. The van der Waals surface area contributed by atoms with Crippen LogP contribution >= 0.6 is 27.5 Å². The second kappa shape index (κ2) is 9.07. The normalized spacial score (nSPS) is 12.8. The van der Waals surface area contributed by atoms with Gasteiger partial charge in [0.1, 0.15) is 5.75 Å². The first kappa shape index (κ1) is 20.2. The van der Waals surface area contributed by atoms with E-state index in [2.05, 4.69) is 32.1 Å². The maximum atomic E-state index is 12.1. The molecule has 2 aromatic carbocycles. The van der Waals surface area contributed by atoms with Crippen molar-refractivity contribution in [3.63, 3.8) is 0 Å². The molecule has 0 radical (unpaired) electrons. The minimum atomic E-state index is -0.541. The molecule has 3 rings (SSSR count). The van der Waals surface area contributed by atoms with Gasteiger partial charge in [0.2, 0.25) is 5.91 Å². The standard InChI is InChI=1S/C19H17BrClN3O4/c20-13-5-8-16(15(21)9-13)28-10-17(25)23-24-19(27)12-3-6-14(7-4-12)22-18(26)11-1-2-11/h3-9,11H,1-2,10H2,(H,22,26)(H,23,25)(H,24,27). The van der Waals surface area contributed by atoms with Crippen molar-refractivity contribution in [2.75, 3.05) is 11.9 Å². The van der Waals surface area contributed by atoms with Gasteiger partial charge in [-0.05, 0) is 55.3 Å². The molecule has 1 aliphatic carbocycles. The summed E-state index contributed by atoms with van der Waals surface area (Å²) in [5, 5.41) is 3.15. The van der Waals surface area contributed by atoms with E-state index in [1.54, 1.807) is 42.5 Å². The largest absolute Gasteiger partial charge is 0.482 e. The Morgan fingerprint density at radius 3 is 2.43 bits per heavy atom. The smallest absolute Gasteiger partial charge is 0.276 e. The number of benzene rings is 2. The van der Waals surface area contributed by atoms with Crippen LogP contribution in [0.3, 0.4) is 0 Å². The van der Waals surface area contributed by atoms with Crippen molar-refractivity contribution in [1.82, 2.24) is 10.9 Å². The molecule has 0 aliphatic heterocycles. The third kappa shape index (κ3) is 5.71. The van der Waals surface area contributed by atoms with E-state index in [0.717, 1.165) is 17.3 Å². The van der Waals surface area contributed by atoms with E-state index in [-0.39, 0.29) is 18.4 Å². The van der Waals surface area contributed by atoms with Crippen molar-refractivity contribution in [3.05, 3.63) is 57.5 Å². The third-order valence-electron chi connectivity index (χ3n) is 3.93. The second-order valence-electron chi connectivity index (χ2n) is 6.21. The number of amides is 3. The van der Waals surface area contributed by atoms with Crippen LogP contribution in [-0.4, -0.2) is 24.3 Å². The van der Waals surface area contributed by atoms with Gasteiger partial charge in [0.25, 0.3) is 11.8 Å². The summed E-state index contributed by atoms with van der Waals surface area (Å²) >= 11 is 9.28. The van der Waals surface area contributed by atoms with Gasteiger partial charge in [-0.25, -0.2) is 0 Å². The molecule has 0 atom stereocenters. The topological polar surface area (TPSA) is 96.5 Å². The molecule has 2 aromatic rings. The number of rotatable bonds is 6. The Hall–Kier alpha value is -2.58. The average molecular weight is 467 g/mol. The number of hydrogen-bond acceptors (Lipinski definition) is 4. The minimum absolute atomic E-state index is 0.00431. The van der Waals surface area contributed by atoms with Crippen LogP contribution in [-0.2, 0) is 9.59 Å². The molecule has 1 aliphatic rings. The van der Waals surface area contributed by atoms with E-state index in [0.29, 0.717) is 22.0 Å². The SMILES string of the molecule is O=C(COc1ccc(Br)cc1Cl)NNC(=O)c1ccc(NC(=O)C2CC2)cc1. The zero-order valence-corrected chi connectivity index (χ0v) is 17.0. The Labute approximate surface area is 174 Å². The maximum Gasteiger partial charge on any atom is 0.276 e. The minimum Gasteiger partial charge on any atom is -0.482 e. The van der Waals surface area contributed by atoms with Crippen LogP contribution < -0.4 is 20.9 Å². The quantitative estimate of drug-likeness (QED) is 0.569. The summed E-state index contributed by atoms with van der Waals surface area (Å²) in [6, 6.07) is 11.4. The van der Waals surface area contributed by atoms with Crippen LogP contribution in [0, 0.1) is 5.92 Å². The fourth-order valence-corrected chi connectivity index (χ4v) is 2.99. The van der Waals surface area contributed by atoms with Gasteiger partial charge >= 0.3 is 0 Å². The van der Waals surface area contributed by atoms with Crippen molar-refractivity contribution in [2.24, 2.45) is 5.92 Å². The molecule has 1 fully saturated rings. The average Bonchev–Trinajstić information content (AvgIpc) is 3.51. The van der Waals surface area contributed by atoms with Crippen LogP contribution in [0.5, 0.6) is 5.75 Å². The number of hydrazine groups is 1. The van der Waals surface area contributed by atoms with Gasteiger partial charge in [0.05, 0.1) is 5.02 Å². The lowest BCUT2D eigenvalue weighted by molar-refractivity contribution is -0.123. The van der Waals surface area contributed by atoms with Crippen molar-refractivity contribution in [1.29, 1.82) is 0 Å². The molecule has 3 amide bonds. The Morgan fingerprint density at radius 2 is 1.79 bits per heavy atom. The van der Waals surface area contributed by atoms with E-state index >= 15 is 0 Å². The molecule has 0 aromatic heterocycles. The van der Waals surface area contributed by atoms with E-state index in [4.69, 9.17) is 16.3 Å². The summed E-state index contributed by atoms with van der Waals surface area (Å²) < 4.78 is 6.10. The zero-order valence-electron chi connectivity index (χ0n) is 14.6. The maximum absolute atomic E-state index is 12.1. The van der Waals surface area contributed by atoms with Gasteiger partial charge in [-0.2, -0.15) is 0 Å². The number of carbonyl (C=O) groups excluding carboxylic acids is 3. The first-order valence-corrected chi connectivity index (χ1v) is 9.67. The van der Waals surface area contributed by atoms with Gasteiger partial charge in [0.15, 0.2) is 6.61 Å². The molecule has 1 saturated carbocycles. The van der Waals surface area contributed by atoms with Crippen molar-refractivity contribution < 1.29 is 19.1 Å². The molecule has 146 valence electrons. The number of halogens is 2. The lowest BCUT2D eigenvalue weighted by Crippen LogP contribution is -2.43. The third-order valence-corrected chi connectivity index (χ3v) is 4.72. The number of anilines is 1. The molecular formula is C19H17BrClN3O4. The van der Waals surface area contributed by atoms with E-state index in [1.807, 2.05) is 0 Å². The summed E-state index contributed by atoms with van der Waals surface area (Å²) in [5.41, 5.74) is 5.52. The van der Waals surface area contributed by atoms with E-state index < -0.39 is 11.8 Å². The highest BCUT2D eigenvalue weighted by molar-refractivity contribution is 9.10. The lowest BCUT2D eigenvalue weighted by Gasteiger charge is -2.10. The monoisotopic (exact) mass is 465 g/mol. The summed E-state index contributed by atoms with van der Waals surface area (Å²) in [7, 11) is 0. The first-order chi connectivity index (χ1) is 13.4. The van der Waals surface area contributed by atoms with Crippen molar-refractivity contribution >= 4 is 50.9 Å². The van der Waals surface area contributed by atoms with Crippen LogP contribution in [0.2, 0.25) is 5.02 Å². The Kier molecular flexibility index (Phi) is 6.53. The fourth-order valence-electron chi connectivity index (χ4n) is 2.27. The summed E-state index contributed by atoms with van der Waals surface area (Å²) in [4.78, 5) is 35.6. The highest BCUT2D eigenvalue weighted by Gasteiger charge is 2.29. The molecule has 0 unspecified atom stereocenters. The lowest BCUT2D eigenvalue weighted by atomic mass is 10.2. The summed E-state index contributed by atoms with van der Waals surface area (Å²) in [6.07, 6.45) is 1.84. The molecular weight excluding hydrogens is 450 g/mol. The highest BCUT2D eigenvalue weighted by atomic mass is 79.9. The fraction of sp³-hybridized carbons (Fsp3) is 0.211. The molecule has 28 heavy (non-hydrogen) atoms. The zero-order chi connectivity index (χ0) is 20.1. The second-order valence-corrected chi connectivity index (χ2v) is 7.53. The van der Waals surface area contributed by atoms with Crippen LogP contribution in [0.15, 0.2) is 46.9 Å². The Morgan fingerprint density at radius 1 is 1.07 bits per heavy atom. The molecule has 0 bridgehead atoms. The van der Waals surface area contributed by atoms with Gasteiger partial charge < -0.3 is 10.1 Å². The van der Waals surface area contributed by atoms with E-state index in [1.165, 1.54) is 0 Å². The Bertz CT molecular complexity index is 901. The van der Waals surface area contributed by atoms with Gasteiger partial charge in [-0.1, -0.05) is 27.5 Å². The predicted octanol–water partition coefficient (Wildman–Crippen LogP) is 3.29. The molecule has 9 heteroatoms. The van der Waals surface area contributed by atoms with Crippen LogP contribution in [0.25, 0.3) is 0 Å². The molecule has 0 saturated heterocycles. The number of hydrogen-bond donors (Lipinski definition) is 3. The number of carbonyl (C=O) groups is 3. The number of ether oxygens (including phenoxy) is 1. The Balaban J connectivity index is 1.43. The van der Waals surface area contributed by atoms with Gasteiger partial charge in [0, 0.05) is 21.6 Å². The first-order valence-electron chi connectivity index (χ1n) is 8.50. The van der Waals surface area contributed by atoms with Crippen molar-refractivity contribution in [2.45, 2.75) is 12.8 Å². The predicted molar refractivity (Wildman–Crippen MR) is 108 cm³/mol. The van der Waals surface area contributed by atoms with Gasteiger partial charge in [-0.15, -0.1) is 0 Å². The molecule has 0 spiro atoms. The molecule has 0 heterocycles. The summed E-state index contributed by atoms with van der Waals surface area (Å²) in [5.74, 6) is -0.575. The van der Waals surface area contributed by atoms with Crippen LogP contribution in [0.4, 0.5) is 5.69 Å². The van der Waals surface area contributed by atoms with Crippen LogP contribution in [0.1, 0.15) is 23.2 Å². The highest BCUT2D eigenvalue weighted by Crippen LogP contribution is 2.30. The summed E-state index contributed by atoms with van der Waals surface area (Å²) in [6.45, 7) is -0.312. The van der Waals surface area contributed by atoms with Crippen molar-refractivity contribution in [3.8, 4) is 5.75 Å².